The molecule has 3 aromatic rings. The zero-order chi connectivity index (χ0) is 16.9. The topological polar surface area (TPSA) is 60.1 Å². The predicted octanol–water partition coefficient (Wildman–Crippen LogP) is 3.49. The Balaban J connectivity index is 1.94. The van der Waals surface area contributed by atoms with Crippen molar-refractivity contribution < 1.29 is 9.47 Å². The van der Waals surface area contributed by atoms with Gasteiger partial charge in [0.05, 0.1) is 25.9 Å². The summed E-state index contributed by atoms with van der Waals surface area (Å²) in [5.41, 5.74) is 2.68. The van der Waals surface area contributed by atoms with Gasteiger partial charge in [-0.3, -0.25) is 0 Å². The third-order valence-corrected chi connectivity index (χ3v) is 3.76. The first-order valence-corrected chi connectivity index (χ1v) is 7.47. The van der Waals surface area contributed by atoms with Crippen LogP contribution in [0.3, 0.4) is 0 Å². The molecule has 5 nitrogen and oxygen atoms in total. The van der Waals surface area contributed by atoms with Crippen molar-refractivity contribution in [3.63, 3.8) is 0 Å². The van der Waals surface area contributed by atoms with Crippen LogP contribution < -0.4 is 9.47 Å². The summed E-state index contributed by atoms with van der Waals surface area (Å²) in [6, 6.07) is 15.4. The Morgan fingerprint density at radius 2 is 1.71 bits per heavy atom. The maximum Gasteiger partial charge on any atom is 0.140 e. The van der Waals surface area contributed by atoms with Crippen molar-refractivity contribution in [3.8, 4) is 29.0 Å². The van der Waals surface area contributed by atoms with E-state index >= 15 is 0 Å². The van der Waals surface area contributed by atoms with Crippen molar-refractivity contribution in [3.05, 3.63) is 66.0 Å². The molecule has 2 aromatic carbocycles. The van der Waals surface area contributed by atoms with E-state index in [0.29, 0.717) is 12.1 Å². The third kappa shape index (κ3) is 3.23. The van der Waals surface area contributed by atoms with Crippen LogP contribution in [0.2, 0.25) is 0 Å². The van der Waals surface area contributed by atoms with Gasteiger partial charge in [-0.1, -0.05) is 12.1 Å². The molecule has 0 saturated heterocycles. The largest absolute Gasteiger partial charge is 0.497 e. The summed E-state index contributed by atoms with van der Waals surface area (Å²) >= 11 is 0. The SMILES string of the molecule is COc1cc(OC)cc(-c2nccn2Cc2ccc(C#N)cc2)c1. The van der Waals surface area contributed by atoms with Crippen LogP contribution in [0.5, 0.6) is 11.5 Å². The second-order valence-corrected chi connectivity index (χ2v) is 5.29. The summed E-state index contributed by atoms with van der Waals surface area (Å²) in [4.78, 5) is 4.47. The Morgan fingerprint density at radius 3 is 2.29 bits per heavy atom. The average Bonchev–Trinajstić information content (AvgIpc) is 3.10. The van der Waals surface area contributed by atoms with Gasteiger partial charge in [0.25, 0.3) is 0 Å². The molecule has 120 valence electrons. The summed E-state index contributed by atoms with van der Waals surface area (Å²) in [5.74, 6) is 2.27. The Hall–Kier alpha value is -3.26. The normalized spacial score (nSPS) is 10.2. The Kier molecular flexibility index (Phi) is 4.48. The quantitative estimate of drug-likeness (QED) is 0.722. The van der Waals surface area contributed by atoms with Crippen LogP contribution in [0.25, 0.3) is 11.4 Å². The van der Waals surface area contributed by atoms with E-state index < -0.39 is 0 Å². The number of hydrogen-bond donors (Lipinski definition) is 0. The van der Waals surface area contributed by atoms with Gasteiger partial charge >= 0.3 is 0 Å². The number of methoxy groups -OCH3 is 2. The van der Waals surface area contributed by atoms with E-state index in [1.807, 2.05) is 48.7 Å². The van der Waals surface area contributed by atoms with Crippen LogP contribution in [-0.4, -0.2) is 23.8 Å². The molecular weight excluding hydrogens is 302 g/mol. The number of rotatable bonds is 5. The Labute approximate surface area is 140 Å². The molecule has 1 aromatic heterocycles. The zero-order valence-electron chi connectivity index (χ0n) is 13.6. The van der Waals surface area contributed by atoms with Crippen LogP contribution in [0.1, 0.15) is 11.1 Å². The fourth-order valence-electron chi connectivity index (χ4n) is 2.52. The van der Waals surface area contributed by atoms with Gasteiger partial charge in [-0.2, -0.15) is 5.26 Å². The second kappa shape index (κ2) is 6.88. The highest BCUT2D eigenvalue weighted by Gasteiger charge is 2.10. The van der Waals surface area contributed by atoms with Crippen LogP contribution in [0.15, 0.2) is 54.9 Å². The lowest BCUT2D eigenvalue weighted by Gasteiger charge is -2.11. The van der Waals surface area contributed by atoms with Crippen LogP contribution in [-0.2, 0) is 6.54 Å². The van der Waals surface area contributed by atoms with E-state index in [9.17, 15) is 0 Å². The highest BCUT2D eigenvalue weighted by atomic mass is 16.5. The molecule has 0 aliphatic rings. The smallest absolute Gasteiger partial charge is 0.140 e. The van der Waals surface area contributed by atoms with Gasteiger partial charge in [0, 0.05) is 30.6 Å². The van der Waals surface area contributed by atoms with E-state index in [4.69, 9.17) is 14.7 Å². The lowest BCUT2D eigenvalue weighted by Crippen LogP contribution is -2.01. The summed E-state index contributed by atoms with van der Waals surface area (Å²) in [7, 11) is 3.25. The van der Waals surface area contributed by atoms with E-state index in [2.05, 4.69) is 15.6 Å². The highest BCUT2D eigenvalue weighted by Crippen LogP contribution is 2.29. The monoisotopic (exact) mass is 319 g/mol. The predicted molar refractivity (Wildman–Crippen MR) is 91.0 cm³/mol. The number of imidazole rings is 1. The standard InChI is InChI=1S/C19H17N3O2/c1-23-17-9-16(10-18(11-17)24-2)19-21-7-8-22(19)13-15-5-3-14(12-20)4-6-15/h3-11H,13H2,1-2H3. The van der Waals surface area contributed by atoms with Crippen molar-refractivity contribution in [1.82, 2.24) is 9.55 Å². The lowest BCUT2D eigenvalue weighted by molar-refractivity contribution is 0.394. The van der Waals surface area contributed by atoms with Crippen molar-refractivity contribution >= 4 is 0 Å². The Morgan fingerprint density at radius 1 is 1.04 bits per heavy atom. The number of hydrogen-bond acceptors (Lipinski definition) is 4. The van der Waals surface area contributed by atoms with Gasteiger partial charge in [0.1, 0.15) is 17.3 Å². The molecule has 0 aliphatic carbocycles. The highest BCUT2D eigenvalue weighted by molar-refractivity contribution is 5.61. The Bertz CT molecular complexity index is 854. The maximum absolute atomic E-state index is 8.89. The van der Waals surface area contributed by atoms with Gasteiger partial charge in [-0.25, -0.2) is 4.98 Å². The first-order chi connectivity index (χ1) is 11.7. The molecule has 5 heteroatoms. The van der Waals surface area contributed by atoms with Gasteiger partial charge in [-0.15, -0.1) is 0 Å². The number of benzene rings is 2. The maximum atomic E-state index is 8.89. The van der Waals surface area contributed by atoms with Gasteiger partial charge in [-0.05, 0) is 29.8 Å². The lowest BCUT2D eigenvalue weighted by atomic mass is 10.1. The van der Waals surface area contributed by atoms with E-state index in [1.54, 1.807) is 20.4 Å². The molecule has 3 rings (SSSR count). The van der Waals surface area contributed by atoms with Crippen molar-refractivity contribution in [2.24, 2.45) is 0 Å². The third-order valence-electron chi connectivity index (χ3n) is 3.76. The number of nitrogens with zero attached hydrogens (tertiary/aromatic N) is 3. The summed E-state index contributed by atoms with van der Waals surface area (Å²) in [5, 5.41) is 8.89. The van der Waals surface area contributed by atoms with Gasteiger partial charge in [0.15, 0.2) is 0 Å². The molecule has 0 fully saturated rings. The molecular formula is C19H17N3O2. The molecule has 1 heterocycles. The van der Waals surface area contributed by atoms with Crippen LogP contribution in [0, 0.1) is 11.3 Å². The van der Waals surface area contributed by atoms with Gasteiger partial charge in [0.2, 0.25) is 0 Å². The summed E-state index contributed by atoms with van der Waals surface area (Å²) in [6.45, 7) is 0.667. The minimum Gasteiger partial charge on any atom is -0.497 e. The first kappa shape index (κ1) is 15.6. The molecule has 0 bridgehead atoms. The van der Waals surface area contributed by atoms with Crippen LogP contribution in [0.4, 0.5) is 0 Å². The number of ether oxygens (including phenoxy) is 2. The van der Waals surface area contributed by atoms with Crippen LogP contribution >= 0.6 is 0 Å². The first-order valence-electron chi connectivity index (χ1n) is 7.47. The van der Waals surface area contributed by atoms with Crippen molar-refractivity contribution in [2.75, 3.05) is 14.2 Å². The molecule has 0 saturated carbocycles. The minimum atomic E-state index is 0.655. The zero-order valence-corrected chi connectivity index (χ0v) is 13.6. The van der Waals surface area contributed by atoms with Gasteiger partial charge < -0.3 is 14.0 Å². The minimum absolute atomic E-state index is 0.655. The number of nitriles is 1. The van der Waals surface area contributed by atoms with E-state index in [0.717, 1.165) is 28.5 Å². The summed E-state index contributed by atoms with van der Waals surface area (Å²) < 4.78 is 12.7. The second-order valence-electron chi connectivity index (χ2n) is 5.29. The van der Waals surface area contributed by atoms with Crippen molar-refractivity contribution in [2.45, 2.75) is 6.54 Å². The van der Waals surface area contributed by atoms with E-state index in [1.165, 1.54) is 0 Å². The average molecular weight is 319 g/mol. The molecule has 0 atom stereocenters. The molecule has 0 radical (unpaired) electrons. The molecule has 0 spiro atoms. The molecule has 24 heavy (non-hydrogen) atoms. The molecule has 0 amide bonds. The fourth-order valence-corrected chi connectivity index (χ4v) is 2.52. The molecule has 0 N–H and O–H groups in total. The van der Waals surface area contributed by atoms with E-state index in [-0.39, 0.29) is 0 Å². The number of aromatic nitrogens is 2. The summed E-state index contributed by atoms with van der Waals surface area (Å²) in [6.07, 6.45) is 3.70. The van der Waals surface area contributed by atoms with Crippen molar-refractivity contribution in [1.29, 1.82) is 5.26 Å². The molecule has 0 unspecified atom stereocenters. The fraction of sp³-hybridized carbons (Fsp3) is 0.158. The molecule has 0 aliphatic heterocycles.